The summed E-state index contributed by atoms with van der Waals surface area (Å²) in [6.07, 6.45) is 0.0664. The normalized spacial score (nSPS) is 16.0. The van der Waals surface area contributed by atoms with Crippen molar-refractivity contribution in [3.8, 4) is 5.75 Å². The summed E-state index contributed by atoms with van der Waals surface area (Å²) in [7, 11) is 3.37. The molecule has 1 heterocycles. The van der Waals surface area contributed by atoms with Gasteiger partial charge in [-0.2, -0.15) is 0 Å². The molecule has 28 heavy (non-hydrogen) atoms. The Morgan fingerprint density at radius 1 is 1.36 bits per heavy atom. The molecule has 1 aromatic rings. The number of hydrogen-bond acceptors (Lipinski definition) is 6. The molecular formula is C19H27N3O6. The van der Waals surface area contributed by atoms with Gasteiger partial charge in [0.2, 0.25) is 5.91 Å². The summed E-state index contributed by atoms with van der Waals surface area (Å²) in [6.45, 7) is 3.96. The molecule has 0 bridgehead atoms. The molecular weight excluding hydrogens is 366 g/mol. The Balaban J connectivity index is 2.07. The molecule has 9 nitrogen and oxygen atoms in total. The van der Waals surface area contributed by atoms with E-state index in [1.54, 1.807) is 25.3 Å². The van der Waals surface area contributed by atoms with Gasteiger partial charge in [0.1, 0.15) is 17.9 Å². The van der Waals surface area contributed by atoms with Crippen molar-refractivity contribution in [1.29, 1.82) is 0 Å². The second-order valence-corrected chi connectivity index (χ2v) is 7.19. The lowest BCUT2D eigenvalue weighted by Crippen LogP contribution is -2.52. The molecule has 1 aromatic carbocycles. The summed E-state index contributed by atoms with van der Waals surface area (Å²) < 4.78 is 10.6. The first-order valence-corrected chi connectivity index (χ1v) is 8.97. The average Bonchev–Trinajstić information content (AvgIpc) is 2.63. The molecule has 9 heteroatoms. The van der Waals surface area contributed by atoms with Crippen molar-refractivity contribution in [3.05, 3.63) is 23.8 Å². The lowest BCUT2D eigenvalue weighted by molar-refractivity contribution is -0.146. The van der Waals surface area contributed by atoms with Crippen LogP contribution in [-0.2, 0) is 14.3 Å². The molecule has 0 aliphatic carbocycles. The van der Waals surface area contributed by atoms with Crippen molar-refractivity contribution < 1.29 is 29.0 Å². The lowest BCUT2D eigenvalue weighted by atomic mass is 10.0. The molecule has 0 saturated carbocycles. The van der Waals surface area contributed by atoms with Crippen molar-refractivity contribution in [3.63, 3.8) is 0 Å². The van der Waals surface area contributed by atoms with E-state index in [4.69, 9.17) is 14.6 Å². The number of likely N-dealkylation sites (N-methyl/N-ethyl adjacent to an activating group) is 1. The highest BCUT2D eigenvalue weighted by Crippen LogP contribution is 2.34. The minimum absolute atomic E-state index is 0.0664. The van der Waals surface area contributed by atoms with E-state index in [2.05, 4.69) is 10.6 Å². The third-order valence-corrected chi connectivity index (χ3v) is 4.58. The van der Waals surface area contributed by atoms with Gasteiger partial charge in [0, 0.05) is 26.3 Å². The van der Waals surface area contributed by atoms with Gasteiger partial charge in [0.05, 0.1) is 24.8 Å². The number of rotatable bonds is 8. The first-order chi connectivity index (χ1) is 13.2. The number of nitrogens with one attached hydrogen (secondary N) is 2. The largest absolute Gasteiger partial charge is 0.489 e. The van der Waals surface area contributed by atoms with Crippen LogP contribution in [-0.4, -0.2) is 68.4 Å². The minimum atomic E-state index is -1.35. The summed E-state index contributed by atoms with van der Waals surface area (Å²) in [5.41, 5.74) is -0.181. The Kier molecular flexibility index (Phi) is 6.85. The van der Waals surface area contributed by atoms with E-state index < -0.39 is 11.5 Å². The predicted molar refractivity (Wildman–Crippen MR) is 103 cm³/mol. The van der Waals surface area contributed by atoms with Crippen LogP contribution in [0.1, 0.15) is 30.6 Å². The molecule has 0 unspecified atom stereocenters. The van der Waals surface area contributed by atoms with Crippen LogP contribution < -0.4 is 20.3 Å². The molecule has 0 fully saturated rings. The second kappa shape index (κ2) is 8.92. The van der Waals surface area contributed by atoms with Crippen LogP contribution in [0.4, 0.5) is 5.69 Å². The Morgan fingerprint density at radius 2 is 2.07 bits per heavy atom. The van der Waals surface area contributed by atoms with Gasteiger partial charge in [-0.05, 0) is 32.0 Å². The van der Waals surface area contributed by atoms with Gasteiger partial charge < -0.3 is 30.1 Å². The fourth-order valence-corrected chi connectivity index (χ4v) is 2.78. The van der Waals surface area contributed by atoms with Crippen LogP contribution in [0.5, 0.6) is 5.75 Å². The number of carbonyl (C=O) groups excluding carboxylic acids is 2. The van der Waals surface area contributed by atoms with Crippen LogP contribution in [0.2, 0.25) is 0 Å². The van der Waals surface area contributed by atoms with Crippen LogP contribution >= 0.6 is 0 Å². The van der Waals surface area contributed by atoms with Gasteiger partial charge in [0.25, 0.3) is 5.91 Å². The number of amides is 2. The van der Waals surface area contributed by atoms with Gasteiger partial charge in [-0.15, -0.1) is 0 Å². The van der Waals surface area contributed by atoms with Gasteiger partial charge >= 0.3 is 5.97 Å². The first kappa shape index (κ1) is 21.5. The smallest absolute Gasteiger partial charge is 0.328 e. The van der Waals surface area contributed by atoms with E-state index in [9.17, 15) is 14.4 Å². The van der Waals surface area contributed by atoms with Crippen molar-refractivity contribution in [2.24, 2.45) is 0 Å². The Bertz CT molecular complexity index is 749. The fourth-order valence-electron chi connectivity index (χ4n) is 2.78. The first-order valence-electron chi connectivity index (χ1n) is 8.97. The number of methoxy groups -OCH3 is 1. The van der Waals surface area contributed by atoms with Crippen molar-refractivity contribution >= 4 is 23.5 Å². The summed E-state index contributed by atoms with van der Waals surface area (Å²) in [4.78, 5) is 37.6. The zero-order valence-corrected chi connectivity index (χ0v) is 16.6. The number of aliphatic carboxylic acids is 1. The van der Waals surface area contributed by atoms with E-state index in [1.165, 1.54) is 13.8 Å². The Labute approximate surface area is 164 Å². The number of nitrogens with zero attached hydrogens (tertiary/aromatic N) is 1. The van der Waals surface area contributed by atoms with Gasteiger partial charge in [0.15, 0.2) is 0 Å². The van der Waals surface area contributed by atoms with E-state index in [0.29, 0.717) is 30.2 Å². The number of carboxylic acids is 1. The number of carbonyl (C=O) groups is 3. The van der Waals surface area contributed by atoms with Crippen molar-refractivity contribution in [1.82, 2.24) is 10.6 Å². The average molecular weight is 393 g/mol. The molecule has 3 N–H and O–H groups in total. The number of ether oxygens (including phenoxy) is 2. The summed E-state index contributed by atoms with van der Waals surface area (Å²) in [6, 6.07) is 4.82. The summed E-state index contributed by atoms with van der Waals surface area (Å²) in [5.74, 6) is -1.09. The van der Waals surface area contributed by atoms with Crippen LogP contribution in [0.25, 0.3) is 0 Å². The van der Waals surface area contributed by atoms with E-state index in [-0.39, 0.29) is 30.9 Å². The van der Waals surface area contributed by atoms with Gasteiger partial charge in [-0.3, -0.25) is 9.59 Å². The number of carboxylic acid groups (broad SMARTS) is 1. The number of benzene rings is 1. The van der Waals surface area contributed by atoms with Gasteiger partial charge in [-0.25, -0.2) is 4.79 Å². The lowest BCUT2D eigenvalue weighted by Gasteiger charge is -2.36. The highest BCUT2D eigenvalue weighted by molar-refractivity contribution is 5.95. The molecule has 154 valence electrons. The SMILES string of the molecule is COCCNC(=O)c1ccc2c(c1)N(C)[C@@H](CC(=O)NC(C)(C)C(=O)O)CO2. The van der Waals surface area contributed by atoms with E-state index >= 15 is 0 Å². The van der Waals surface area contributed by atoms with E-state index in [0.717, 1.165) is 0 Å². The highest BCUT2D eigenvalue weighted by atomic mass is 16.5. The highest BCUT2D eigenvalue weighted by Gasteiger charge is 2.32. The predicted octanol–water partition coefficient (Wildman–Crippen LogP) is 0.630. The summed E-state index contributed by atoms with van der Waals surface area (Å²) in [5, 5.41) is 14.4. The van der Waals surface area contributed by atoms with Gasteiger partial charge in [-0.1, -0.05) is 0 Å². The molecule has 1 aliphatic rings. The van der Waals surface area contributed by atoms with Crippen molar-refractivity contribution in [2.75, 3.05) is 38.8 Å². The fraction of sp³-hybridized carbons (Fsp3) is 0.526. The second-order valence-electron chi connectivity index (χ2n) is 7.19. The van der Waals surface area contributed by atoms with Crippen LogP contribution in [0.3, 0.4) is 0 Å². The third kappa shape index (κ3) is 5.13. The van der Waals surface area contributed by atoms with E-state index in [1.807, 2.05) is 11.9 Å². The monoisotopic (exact) mass is 393 g/mol. The van der Waals surface area contributed by atoms with Crippen LogP contribution in [0, 0.1) is 0 Å². The number of anilines is 1. The zero-order chi connectivity index (χ0) is 20.9. The molecule has 1 atom stereocenters. The third-order valence-electron chi connectivity index (χ3n) is 4.58. The molecule has 0 radical (unpaired) electrons. The number of fused-ring (bicyclic) bond motifs is 1. The van der Waals surface area contributed by atoms with Crippen LogP contribution in [0.15, 0.2) is 18.2 Å². The Morgan fingerprint density at radius 3 is 2.71 bits per heavy atom. The quantitative estimate of drug-likeness (QED) is 0.555. The molecule has 0 aromatic heterocycles. The zero-order valence-electron chi connectivity index (χ0n) is 16.6. The maximum Gasteiger partial charge on any atom is 0.328 e. The Hall–Kier alpha value is -2.81. The molecule has 0 spiro atoms. The number of hydrogen-bond donors (Lipinski definition) is 3. The molecule has 1 aliphatic heterocycles. The maximum absolute atomic E-state index is 12.3. The summed E-state index contributed by atoms with van der Waals surface area (Å²) >= 11 is 0. The standard InChI is InChI=1S/C19H27N3O6/c1-19(2,18(25)26)21-16(23)10-13-11-28-15-6-5-12(9-14(15)22(13)3)17(24)20-7-8-27-4/h5-6,9,13H,7-8,10-11H2,1-4H3,(H,20,24)(H,21,23)(H,25,26)/t13-/m0/s1. The molecule has 2 amide bonds. The minimum Gasteiger partial charge on any atom is -0.489 e. The molecule has 0 saturated heterocycles. The molecule has 2 rings (SSSR count). The maximum atomic E-state index is 12.3. The van der Waals surface area contributed by atoms with Crippen molar-refractivity contribution in [2.45, 2.75) is 31.8 Å². The topological polar surface area (TPSA) is 117 Å².